The lowest BCUT2D eigenvalue weighted by Crippen LogP contribution is -2.44. The standard InChI is InChI=1S/C44H32N4S/c1-4-11-29(12-5-1)30-19-22-33(23-20-30)42-46-41(32-13-6-2-7-14-32)47-43(48-42)37-18-10-17-35(27-37)36-24-21-31-25-26-39-40(38(31)28-36)49-44(45-39)34-15-8-3-9-16-34/h1-28,41-42,46H,(H,47,48). The molecule has 1 aliphatic heterocycles. The summed E-state index contributed by atoms with van der Waals surface area (Å²) in [6.45, 7) is 0. The van der Waals surface area contributed by atoms with Gasteiger partial charge in [-0.1, -0.05) is 152 Å². The molecule has 1 aromatic heterocycles. The van der Waals surface area contributed by atoms with E-state index in [0.29, 0.717) is 0 Å². The Bertz CT molecular complexity index is 2440. The summed E-state index contributed by atoms with van der Waals surface area (Å²) in [7, 11) is 0. The van der Waals surface area contributed by atoms with Crippen molar-refractivity contribution in [2.24, 2.45) is 4.99 Å². The lowest BCUT2D eigenvalue weighted by atomic mass is 9.98. The average Bonchev–Trinajstić information content (AvgIpc) is 3.64. The molecule has 4 nitrogen and oxygen atoms in total. The van der Waals surface area contributed by atoms with Crippen molar-refractivity contribution in [3.05, 3.63) is 187 Å². The summed E-state index contributed by atoms with van der Waals surface area (Å²) in [6.07, 6.45) is -0.315. The van der Waals surface area contributed by atoms with Crippen LogP contribution in [-0.4, -0.2) is 10.8 Å². The Morgan fingerprint density at radius 3 is 1.88 bits per heavy atom. The van der Waals surface area contributed by atoms with Crippen LogP contribution < -0.4 is 10.6 Å². The Balaban J connectivity index is 1.07. The molecule has 2 heterocycles. The first-order chi connectivity index (χ1) is 24.2. The molecule has 0 fully saturated rings. The molecule has 2 unspecified atom stereocenters. The van der Waals surface area contributed by atoms with Crippen LogP contribution in [0.1, 0.15) is 29.0 Å². The second-order valence-corrected chi connectivity index (χ2v) is 13.3. The van der Waals surface area contributed by atoms with Crippen molar-refractivity contribution < 1.29 is 0 Å². The molecule has 0 aliphatic carbocycles. The highest BCUT2D eigenvalue weighted by Crippen LogP contribution is 2.37. The number of thiazole rings is 1. The summed E-state index contributed by atoms with van der Waals surface area (Å²) < 4.78 is 1.21. The van der Waals surface area contributed by atoms with Gasteiger partial charge in [0.2, 0.25) is 0 Å². The van der Waals surface area contributed by atoms with Gasteiger partial charge in [-0.2, -0.15) is 0 Å². The van der Waals surface area contributed by atoms with Gasteiger partial charge in [0.1, 0.15) is 23.2 Å². The van der Waals surface area contributed by atoms with E-state index in [1.54, 1.807) is 11.3 Å². The van der Waals surface area contributed by atoms with Crippen molar-refractivity contribution in [2.75, 3.05) is 0 Å². The molecule has 234 valence electrons. The fourth-order valence-corrected chi connectivity index (χ4v) is 7.71. The average molecular weight is 649 g/mol. The van der Waals surface area contributed by atoms with Crippen LogP contribution in [0.25, 0.3) is 53.8 Å². The van der Waals surface area contributed by atoms with Crippen molar-refractivity contribution in [3.8, 4) is 32.8 Å². The summed E-state index contributed by atoms with van der Waals surface area (Å²) in [5.74, 6) is 0.865. The van der Waals surface area contributed by atoms with Gasteiger partial charge in [-0.05, 0) is 57.0 Å². The van der Waals surface area contributed by atoms with Crippen LogP contribution in [0.5, 0.6) is 0 Å². The zero-order valence-corrected chi connectivity index (χ0v) is 27.4. The molecule has 49 heavy (non-hydrogen) atoms. The topological polar surface area (TPSA) is 49.3 Å². The largest absolute Gasteiger partial charge is 0.350 e. The highest BCUT2D eigenvalue weighted by Gasteiger charge is 2.25. The highest BCUT2D eigenvalue weighted by molar-refractivity contribution is 7.22. The minimum Gasteiger partial charge on any atom is -0.350 e. The van der Waals surface area contributed by atoms with Crippen LogP contribution in [0, 0.1) is 0 Å². The number of fused-ring (bicyclic) bond motifs is 3. The van der Waals surface area contributed by atoms with E-state index in [1.807, 2.05) is 12.1 Å². The lowest BCUT2D eigenvalue weighted by molar-refractivity contribution is 0.409. The summed E-state index contributed by atoms with van der Waals surface area (Å²) in [5.41, 5.74) is 10.2. The first-order valence-electron chi connectivity index (χ1n) is 16.6. The number of nitrogens with zero attached hydrogens (tertiary/aromatic N) is 2. The van der Waals surface area contributed by atoms with Gasteiger partial charge in [-0.25, -0.2) is 9.98 Å². The van der Waals surface area contributed by atoms with Gasteiger partial charge in [0.15, 0.2) is 0 Å². The number of aliphatic imine (C=N–C) groups is 1. The molecule has 0 bridgehead atoms. The van der Waals surface area contributed by atoms with Crippen LogP contribution in [0.4, 0.5) is 0 Å². The van der Waals surface area contributed by atoms with Crippen LogP contribution >= 0.6 is 11.3 Å². The molecule has 0 amide bonds. The van der Waals surface area contributed by atoms with E-state index >= 15 is 0 Å². The Morgan fingerprint density at radius 2 is 1.10 bits per heavy atom. The number of benzene rings is 7. The molecule has 9 rings (SSSR count). The molecule has 7 aromatic carbocycles. The molecule has 2 atom stereocenters. The van der Waals surface area contributed by atoms with E-state index in [2.05, 4.69) is 168 Å². The Kier molecular flexibility index (Phi) is 7.54. The predicted octanol–water partition coefficient (Wildman–Crippen LogP) is 10.8. The minimum atomic E-state index is -0.195. The molecule has 8 aromatic rings. The van der Waals surface area contributed by atoms with Gasteiger partial charge in [0.05, 0.1) is 10.2 Å². The minimum absolute atomic E-state index is 0.120. The van der Waals surface area contributed by atoms with Crippen molar-refractivity contribution in [2.45, 2.75) is 12.3 Å². The lowest BCUT2D eigenvalue weighted by Gasteiger charge is -2.32. The maximum Gasteiger partial charge on any atom is 0.131 e. The number of amidine groups is 1. The molecule has 0 saturated heterocycles. The monoisotopic (exact) mass is 648 g/mol. The highest BCUT2D eigenvalue weighted by atomic mass is 32.1. The third kappa shape index (κ3) is 5.80. The first-order valence-corrected chi connectivity index (χ1v) is 17.4. The third-order valence-electron chi connectivity index (χ3n) is 9.19. The number of hydrogen-bond acceptors (Lipinski definition) is 5. The molecular formula is C44H32N4S. The zero-order chi connectivity index (χ0) is 32.6. The summed E-state index contributed by atoms with van der Waals surface area (Å²) in [4.78, 5) is 10.2. The van der Waals surface area contributed by atoms with Crippen LogP contribution in [0.3, 0.4) is 0 Å². The zero-order valence-electron chi connectivity index (χ0n) is 26.6. The number of rotatable bonds is 6. The van der Waals surface area contributed by atoms with E-state index in [4.69, 9.17) is 9.98 Å². The fraction of sp³-hybridized carbons (Fsp3) is 0.0455. The molecular weight excluding hydrogens is 617 g/mol. The van der Waals surface area contributed by atoms with Gasteiger partial charge in [-0.3, -0.25) is 5.32 Å². The second-order valence-electron chi connectivity index (χ2n) is 12.3. The number of hydrogen-bond donors (Lipinski definition) is 2. The second kappa shape index (κ2) is 12.6. The number of nitrogens with one attached hydrogen (secondary N) is 2. The molecule has 5 heteroatoms. The van der Waals surface area contributed by atoms with Gasteiger partial charge in [-0.15, -0.1) is 11.3 Å². The fourth-order valence-electron chi connectivity index (χ4n) is 6.62. The van der Waals surface area contributed by atoms with Crippen LogP contribution in [0.15, 0.2) is 175 Å². The first kappa shape index (κ1) is 29.3. The Morgan fingerprint density at radius 1 is 0.490 bits per heavy atom. The van der Waals surface area contributed by atoms with E-state index in [-0.39, 0.29) is 12.3 Å². The van der Waals surface area contributed by atoms with Crippen molar-refractivity contribution in [1.82, 2.24) is 15.6 Å². The predicted molar refractivity (Wildman–Crippen MR) is 205 cm³/mol. The molecule has 0 saturated carbocycles. The summed E-state index contributed by atoms with van der Waals surface area (Å²) >= 11 is 1.76. The van der Waals surface area contributed by atoms with Gasteiger partial charge in [0, 0.05) is 16.5 Å². The Labute approximate surface area is 289 Å². The molecule has 0 radical (unpaired) electrons. The van der Waals surface area contributed by atoms with Crippen LogP contribution in [0.2, 0.25) is 0 Å². The van der Waals surface area contributed by atoms with E-state index in [0.717, 1.165) is 44.2 Å². The summed E-state index contributed by atoms with van der Waals surface area (Å²) in [5, 5.41) is 10.9. The van der Waals surface area contributed by atoms with Crippen molar-refractivity contribution in [3.63, 3.8) is 0 Å². The van der Waals surface area contributed by atoms with E-state index < -0.39 is 0 Å². The van der Waals surface area contributed by atoms with E-state index in [1.165, 1.54) is 32.2 Å². The normalized spacial score (nSPS) is 16.0. The number of aromatic nitrogens is 1. The molecule has 2 N–H and O–H groups in total. The van der Waals surface area contributed by atoms with E-state index in [9.17, 15) is 0 Å². The van der Waals surface area contributed by atoms with Gasteiger partial charge in [0.25, 0.3) is 0 Å². The molecule has 0 spiro atoms. The molecule has 1 aliphatic rings. The quantitative estimate of drug-likeness (QED) is 0.189. The third-order valence-corrected chi connectivity index (χ3v) is 10.3. The van der Waals surface area contributed by atoms with Crippen molar-refractivity contribution in [1.29, 1.82) is 0 Å². The maximum atomic E-state index is 5.21. The van der Waals surface area contributed by atoms with Gasteiger partial charge >= 0.3 is 0 Å². The van der Waals surface area contributed by atoms with Gasteiger partial charge < -0.3 is 5.32 Å². The maximum absolute atomic E-state index is 5.21. The van der Waals surface area contributed by atoms with Crippen LogP contribution in [-0.2, 0) is 0 Å². The SMILES string of the molecule is c1ccc(-c2ccc(C3NC(c4cccc(-c5ccc6ccc7nc(-c8ccccc8)sc7c6c5)c4)=NC(c4ccccc4)N3)cc2)cc1. The smallest absolute Gasteiger partial charge is 0.131 e. The van der Waals surface area contributed by atoms with Crippen molar-refractivity contribution >= 4 is 38.2 Å². The summed E-state index contributed by atoms with van der Waals surface area (Å²) in [6, 6.07) is 59.9. The Hall–Kier alpha value is -5.88.